The van der Waals surface area contributed by atoms with Gasteiger partial charge in [-0.2, -0.15) is 0 Å². The van der Waals surface area contributed by atoms with Crippen molar-refractivity contribution in [2.24, 2.45) is 0 Å². The minimum absolute atomic E-state index is 0.0538. The Balaban J connectivity index is 1.89. The third kappa shape index (κ3) is 2.84. The van der Waals surface area contributed by atoms with Crippen LogP contribution in [0, 0.1) is 11.6 Å². The molecule has 104 valence electrons. The van der Waals surface area contributed by atoms with Crippen molar-refractivity contribution in [3.05, 3.63) is 57.5 Å². The minimum Gasteiger partial charge on any atom is -0.353 e. The molecule has 6 heteroatoms. The molecule has 3 rings (SSSR count). The zero-order valence-corrected chi connectivity index (χ0v) is 10.6. The quantitative estimate of drug-likeness (QED) is 0.901. The van der Waals surface area contributed by atoms with Gasteiger partial charge < -0.3 is 5.32 Å². The van der Waals surface area contributed by atoms with E-state index in [0.717, 1.165) is 12.8 Å². The van der Waals surface area contributed by atoms with E-state index in [9.17, 15) is 13.6 Å². The van der Waals surface area contributed by atoms with E-state index in [1.165, 1.54) is 24.3 Å². The van der Waals surface area contributed by atoms with Gasteiger partial charge in [0.1, 0.15) is 11.6 Å². The highest BCUT2D eigenvalue weighted by molar-refractivity contribution is 5.31. The Morgan fingerprint density at radius 2 is 2.00 bits per heavy atom. The highest BCUT2D eigenvalue weighted by Crippen LogP contribution is 2.22. The molecule has 1 aromatic carbocycles. The van der Waals surface area contributed by atoms with E-state index in [1.54, 1.807) is 0 Å². The predicted molar refractivity (Wildman–Crippen MR) is 70.7 cm³/mol. The molecule has 1 heterocycles. The summed E-state index contributed by atoms with van der Waals surface area (Å²) in [5, 5.41) is 3.06. The highest BCUT2D eigenvalue weighted by atomic mass is 19.1. The molecule has 1 aliphatic rings. The van der Waals surface area contributed by atoms with Gasteiger partial charge in [-0.1, -0.05) is 6.07 Å². The lowest BCUT2D eigenvalue weighted by Crippen LogP contribution is -2.15. The number of anilines is 1. The molecule has 4 nitrogen and oxygen atoms in total. The van der Waals surface area contributed by atoms with Crippen LogP contribution >= 0.6 is 0 Å². The average Bonchev–Trinajstić information content (AvgIpc) is 3.17. The van der Waals surface area contributed by atoms with E-state index in [2.05, 4.69) is 15.3 Å². The summed E-state index contributed by atoms with van der Waals surface area (Å²) in [6.07, 6.45) is 2.02. The van der Waals surface area contributed by atoms with Gasteiger partial charge in [-0.25, -0.2) is 13.8 Å². The van der Waals surface area contributed by atoms with Crippen molar-refractivity contribution < 1.29 is 8.78 Å². The molecule has 0 spiro atoms. The summed E-state index contributed by atoms with van der Waals surface area (Å²) in [5.41, 5.74) is -0.0845. The number of benzene rings is 1. The first-order chi connectivity index (χ1) is 9.61. The van der Waals surface area contributed by atoms with Gasteiger partial charge in [0.15, 0.2) is 0 Å². The number of aromatic nitrogens is 2. The fourth-order valence-corrected chi connectivity index (χ4v) is 1.97. The van der Waals surface area contributed by atoms with Crippen molar-refractivity contribution >= 4 is 5.95 Å². The molecule has 0 aliphatic heterocycles. The van der Waals surface area contributed by atoms with Gasteiger partial charge in [0.05, 0.1) is 5.69 Å². The number of nitrogens with one attached hydrogen (secondary N) is 2. The van der Waals surface area contributed by atoms with Gasteiger partial charge in [0, 0.05) is 24.1 Å². The van der Waals surface area contributed by atoms with E-state index < -0.39 is 11.6 Å². The molecule has 0 radical (unpaired) electrons. The topological polar surface area (TPSA) is 57.8 Å². The first kappa shape index (κ1) is 12.8. The summed E-state index contributed by atoms with van der Waals surface area (Å²) >= 11 is 0. The number of hydrogen-bond acceptors (Lipinski definition) is 3. The average molecular weight is 277 g/mol. The maximum Gasteiger partial charge on any atom is 0.252 e. The minimum atomic E-state index is -0.635. The Morgan fingerprint density at radius 1 is 1.30 bits per heavy atom. The lowest BCUT2D eigenvalue weighted by molar-refractivity contribution is 0.560. The third-order valence-electron chi connectivity index (χ3n) is 3.13. The largest absolute Gasteiger partial charge is 0.353 e. The molecular formula is C14H13F2N3O. The van der Waals surface area contributed by atoms with Crippen LogP contribution in [-0.2, 0) is 6.42 Å². The zero-order chi connectivity index (χ0) is 14.1. The van der Waals surface area contributed by atoms with Crippen molar-refractivity contribution in [1.29, 1.82) is 0 Å². The Bertz CT molecular complexity index is 675. The van der Waals surface area contributed by atoms with Gasteiger partial charge in [0.25, 0.3) is 5.56 Å². The molecule has 0 amide bonds. The summed E-state index contributed by atoms with van der Waals surface area (Å²) in [5.74, 6) is -0.917. The number of H-pyrrole nitrogens is 1. The third-order valence-corrected chi connectivity index (χ3v) is 3.13. The Morgan fingerprint density at radius 3 is 2.65 bits per heavy atom. The first-order valence-electron chi connectivity index (χ1n) is 6.41. The normalized spacial score (nSPS) is 14.3. The number of hydrogen-bond donors (Lipinski definition) is 2. The second-order valence-corrected chi connectivity index (χ2v) is 4.88. The van der Waals surface area contributed by atoms with Crippen LogP contribution in [0.5, 0.6) is 0 Å². The molecule has 0 bridgehead atoms. The van der Waals surface area contributed by atoms with Crippen molar-refractivity contribution in [2.45, 2.75) is 25.3 Å². The monoisotopic (exact) mass is 277 g/mol. The Labute approximate surface area is 113 Å². The fraction of sp³-hybridized carbons (Fsp3) is 0.286. The molecule has 1 saturated carbocycles. The summed E-state index contributed by atoms with van der Waals surface area (Å²) in [7, 11) is 0. The van der Waals surface area contributed by atoms with E-state index in [1.807, 2.05) is 0 Å². The van der Waals surface area contributed by atoms with Crippen LogP contribution in [-0.4, -0.2) is 16.0 Å². The molecule has 0 saturated heterocycles. The number of halogens is 2. The van der Waals surface area contributed by atoms with E-state index in [0.29, 0.717) is 17.7 Å². The number of nitrogens with zero attached hydrogens (tertiary/aromatic N) is 1. The van der Waals surface area contributed by atoms with Gasteiger partial charge in [-0.15, -0.1) is 0 Å². The molecule has 1 aliphatic carbocycles. The van der Waals surface area contributed by atoms with Crippen LogP contribution in [0.1, 0.15) is 24.1 Å². The molecule has 1 aromatic heterocycles. The maximum absolute atomic E-state index is 13.6. The molecule has 0 unspecified atom stereocenters. The van der Waals surface area contributed by atoms with E-state index >= 15 is 0 Å². The maximum atomic E-state index is 13.6. The molecule has 20 heavy (non-hydrogen) atoms. The summed E-state index contributed by atoms with van der Waals surface area (Å²) in [6, 6.07) is 5.27. The SMILES string of the molecule is O=c1cc(Cc2c(F)cccc2F)nc(NC2CC2)[nH]1. The lowest BCUT2D eigenvalue weighted by atomic mass is 10.1. The van der Waals surface area contributed by atoms with E-state index in [4.69, 9.17) is 0 Å². The molecular weight excluding hydrogens is 264 g/mol. The summed E-state index contributed by atoms with van der Waals surface area (Å²) < 4.78 is 27.2. The van der Waals surface area contributed by atoms with Crippen LogP contribution < -0.4 is 10.9 Å². The van der Waals surface area contributed by atoms with Crippen LogP contribution in [0.3, 0.4) is 0 Å². The Kier molecular flexibility index (Phi) is 3.22. The van der Waals surface area contributed by atoms with Crippen molar-refractivity contribution in [1.82, 2.24) is 9.97 Å². The summed E-state index contributed by atoms with van der Waals surface area (Å²) in [6.45, 7) is 0. The van der Waals surface area contributed by atoms with Gasteiger partial charge in [-0.3, -0.25) is 9.78 Å². The van der Waals surface area contributed by atoms with Crippen LogP contribution in [0.4, 0.5) is 14.7 Å². The van der Waals surface area contributed by atoms with Crippen LogP contribution in [0.25, 0.3) is 0 Å². The van der Waals surface area contributed by atoms with Crippen molar-refractivity contribution in [2.75, 3.05) is 5.32 Å². The smallest absolute Gasteiger partial charge is 0.252 e. The van der Waals surface area contributed by atoms with Crippen molar-refractivity contribution in [3.63, 3.8) is 0 Å². The van der Waals surface area contributed by atoms with Crippen molar-refractivity contribution in [3.8, 4) is 0 Å². The van der Waals surface area contributed by atoms with Gasteiger partial charge in [0.2, 0.25) is 5.95 Å². The first-order valence-corrected chi connectivity index (χ1v) is 6.41. The molecule has 2 N–H and O–H groups in total. The highest BCUT2D eigenvalue weighted by Gasteiger charge is 2.22. The van der Waals surface area contributed by atoms with Crippen LogP contribution in [0.15, 0.2) is 29.1 Å². The van der Waals surface area contributed by atoms with E-state index in [-0.39, 0.29) is 17.5 Å². The second kappa shape index (κ2) is 5.03. The molecule has 1 fully saturated rings. The molecule has 2 aromatic rings. The van der Waals surface area contributed by atoms with Gasteiger partial charge >= 0.3 is 0 Å². The second-order valence-electron chi connectivity index (χ2n) is 4.88. The fourth-order valence-electron chi connectivity index (χ4n) is 1.97. The van der Waals surface area contributed by atoms with Crippen LogP contribution in [0.2, 0.25) is 0 Å². The molecule has 0 atom stereocenters. The predicted octanol–water partition coefficient (Wildman–Crippen LogP) is 2.21. The number of rotatable bonds is 4. The zero-order valence-electron chi connectivity index (χ0n) is 10.6. The lowest BCUT2D eigenvalue weighted by Gasteiger charge is -2.07. The number of aromatic amines is 1. The standard InChI is InChI=1S/C14H13F2N3O/c15-11-2-1-3-12(16)10(11)6-9-7-13(20)19-14(18-9)17-8-4-5-8/h1-3,7-8H,4-6H2,(H2,17,18,19,20). The van der Waals surface area contributed by atoms with Gasteiger partial charge in [-0.05, 0) is 25.0 Å². The Hall–Kier alpha value is -2.24. The summed E-state index contributed by atoms with van der Waals surface area (Å²) in [4.78, 5) is 18.3.